The van der Waals surface area contributed by atoms with Crippen LogP contribution in [0.1, 0.15) is 11.3 Å². The first-order valence-electron chi connectivity index (χ1n) is 7.76. The van der Waals surface area contributed by atoms with Gasteiger partial charge < -0.3 is 4.74 Å². The van der Waals surface area contributed by atoms with Crippen molar-refractivity contribution in [2.24, 2.45) is 0 Å². The van der Waals surface area contributed by atoms with E-state index < -0.39 is 44.6 Å². The summed E-state index contributed by atoms with van der Waals surface area (Å²) in [6.07, 6.45) is -10.1. The average Bonchev–Trinajstić information content (AvgIpc) is 2.56. The molecule has 2 heterocycles. The van der Waals surface area contributed by atoms with Gasteiger partial charge in [-0.3, -0.25) is 0 Å². The molecule has 0 atom stereocenters. The van der Waals surface area contributed by atoms with Gasteiger partial charge in [0.1, 0.15) is 11.8 Å². The minimum Gasteiger partial charge on any atom is -0.472 e. The van der Waals surface area contributed by atoms with Gasteiger partial charge in [0.25, 0.3) is 0 Å². The molecule has 5 nitrogen and oxygen atoms in total. The second-order valence-corrected chi connectivity index (χ2v) is 7.88. The van der Waals surface area contributed by atoms with Gasteiger partial charge >= 0.3 is 12.4 Å². The van der Waals surface area contributed by atoms with Crippen LogP contribution in [0.5, 0.6) is 5.88 Å². The van der Waals surface area contributed by atoms with Crippen LogP contribution in [0.4, 0.5) is 26.3 Å². The Bertz CT molecular complexity index is 969. The Morgan fingerprint density at radius 2 is 1.61 bits per heavy atom. The van der Waals surface area contributed by atoms with E-state index in [0.29, 0.717) is 6.07 Å². The van der Waals surface area contributed by atoms with Crippen molar-refractivity contribution in [3.05, 3.63) is 53.7 Å². The summed E-state index contributed by atoms with van der Waals surface area (Å²) in [7, 11) is -4.19. The van der Waals surface area contributed by atoms with E-state index in [0.717, 1.165) is 34.6 Å². The van der Waals surface area contributed by atoms with E-state index in [9.17, 15) is 34.8 Å². The number of hydrogen-bond acceptors (Lipinski definition) is 4. The number of pyridine rings is 1. The maximum absolute atomic E-state index is 12.8. The zero-order valence-corrected chi connectivity index (χ0v) is 14.6. The fourth-order valence-electron chi connectivity index (χ4n) is 2.46. The first-order valence-corrected chi connectivity index (χ1v) is 9.20. The van der Waals surface area contributed by atoms with E-state index in [4.69, 9.17) is 4.74 Å². The molecule has 0 amide bonds. The minimum atomic E-state index is -4.69. The van der Waals surface area contributed by atoms with E-state index >= 15 is 0 Å². The highest BCUT2D eigenvalue weighted by Gasteiger charge is 2.40. The summed E-state index contributed by atoms with van der Waals surface area (Å²) in [5.41, 5.74) is -2.26. The third kappa shape index (κ3) is 4.22. The standard InChI is InChI=1S/C16H12F6N2O3S/c17-15(18,19)10-3-1-4-12(7-10)28(25,26)24-8-11(9-24)27-14-6-2-5-13(23-14)16(20,21)22/h1-7,11H,8-9H2. The van der Waals surface area contributed by atoms with Crippen molar-refractivity contribution in [3.63, 3.8) is 0 Å². The Morgan fingerprint density at radius 1 is 0.964 bits per heavy atom. The van der Waals surface area contributed by atoms with Crippen LogP contribution in [0.15, 0.2) is 47.4 Å². The van der Waals surface area contributed by atoms with Gasteiger partial charge in [0.05, 0.1) is 23.5 Å². The van der Waals surface area contributed by atoms with Gasteiger partial charge in [0, 0.05) is 6.07 Å². The van der Waals surface area contributed by atoms with E-state index in [2.05, 4.69) is 4.98 Å². The molecule has 1 aliphatic rings. The number of hydrogen-bond donors (Lipinski definition) is 0. The molecular weight excluding hydrogens is 414 g/mol. The maximum Gasteiger partial charge on any atom is 0.433 e. The summed E-state index contributed by atoms with van der Waals surface area (Å²) in [5, 5.41) is 0. The van der Waals surface area contributed by atoms with Crippen molar-refractivity contribution in [1.29, 1.82) is 0 Å². The molecule has 3 rings (SSSR count). The van der Waals surface area contributed by atoms with Crippen LogP contribution in [0, 0.1) is 0 Å². The number of aromatic nitrogens is 1. The lowest BCUT2D eigenvalue weighted by Gasteiger charge is -2.37. The average molecular weight is 426 g/mol. The highest BCUT2D eigenvalue weighted by Crippen LogP contribution is 2.33. The molecule has 28 heavy (non-hydrogen) atoms. The summed E-state index contributed by atoms with van der Waals surface area (Å²) in [5.74, 6) is -0.323. The third-order valence-corrected chi connectivity index (χ3v) is 5.74. The number of sulfonamides is 1. The monoisotopic (exact) mass is 426 g/mol. The molecule has 0 radical (unpaired) electrons. The fraction of sp³-hybridized carbons (Fsp3) is 0.312. The molecule has 1 aliphatic heterocycles. The first kappa shape index (κ1) is 20.4. The zero-order valence-electron chi connectivity index (χ0n) is 13.8. The topological polar surface area (TPSA) is 59.5 Å². The van der Waals surface area contributed by atoms with E-state index in [1.807, 2.05) is 0 Å². The van der Waals surface area contributed by atoms with Crippen LogP contribution in [0.3, 0.4) is 0 Å². The van der Waals surface area contributed by atoms with Gasteiger partial charge in [0.15, 0.2) is 0 Å². The lowest BCUT2D eigenvalue weighted by molar-refractivity contribution is -0.141. The van der Waals surface area contributed by atoms with Crippen LogP contribution in [0.2, 0.25) is 0 Å². The Labute approximate surface area is 155 Å². The molecule has 12 heteroatoms. The molecule has 0 bridgehead atoms. The van der Waals surface area contributed by atoms with Crippen LogP contribution in [-0.4, -0.2) is 36.9 Å². The predicted octanol–water partition coefficient (Wildman–Crippen LogP) is 3.57. The summed E-state index contributed by atoms with van der Waals surface area (Å²) >= 11 is 0. The van der Waals surface area contributed by atoms with Gasteiger partial charge in [-0.1, -0.05) is 12.1 Å². The normalized spacial score (nSPS) is 16.6. The van der Waals surface area contributed by atoms with Gasteiger partial charge in [-0.05, 0) is 24.3 Å². The van der Waals surface area contributed by atoms with Crippen molar-refractivity contribution >= 4 is 10.0 Å². The second-order valence-electron chi connectivity index (χ2n) is 5.95. The summed E-state index contributed by atoms with van der Waals surface area (Å²) in [4.78, 5) is 2.78. The van der Waals surface area contributed by atoms with Gasteiger partial charge in [-0.15, -0.1) is 0 Å². The highest BCUT2D eigenvalue weighted by molar-refractivity contribution is 7.89. The molecule has 1 aromatic carbocycles. The van der Waals surface area contributed by atoms with Gasteiger partial charge in [0.2, 0.25) is 15.9 Å². The maximum atomic E-state index is 12.8. The first-order chi connectivity index (χ1) is 12.9. The Kier molecular flexibility index (Phi) is 5.04. The van der Waals surface area contributed by atoms with Crippen LogP contribution in [0.25, 0.3) is 0 Å². The van der Waals surface area contributed by atoms with E-state index in [-0.39, 0.29) is 19.0 Å². The Hall–Kier alpha value is -2.34. The molecule has 0 N–H and O–H groups in total. The van der Waals surface area contributed by atoms with Crippen LogP contribution >= 0.6 is 0 Å². The molecule has 0 spiro atoms. The lowest BCUT2D eigenvalue weighted by Crippen LogP contribution is -2.56. The molecule has 1 aromatic heterocycles. The smallest absolute Gasteiger partial charge is 0.433 e. The SMILES string of the molecule is O=S(=O)(c1cccc(C(F)(F)F)c1)N1CC(Oc2cccc(C(F)(F)F)n2)C1. The number of alkyl halides is 6. The number of halogens is 6. The van der Waals surface area contributed by atoms with Crippen molar-refractivity contribution < 1.29 is 39.5 Å². The van der Waals surface area contributed by atoms with Crippen molar-refractivity contribution in [1.82, 2.24) is 9.29 Å². The predicted molar refractivity (Wildman–Crippen MR) is 83.9 cm³/mol. The minimum absolute atomic E-state index is 0.226. The second kappa shape index (κ2) is 6.92. The molecule has 1 saturated heterocycles. The van der Waals surface area contributed by atoms with Crippen molar-refractivity contribution in [2.45, 2.75) is 23.4 Å². The van der Waals surface area contributed by atoms with Gasteiger partial charge in [-0.2, -0.15) is 30.6 Å². The third-order valence-electron chi connectivity index (χ3n) is 3.92. The molecule has 0 saturated carbocycles. The van der Waals surface area contributed by atoms with Crippen LogP contribution in [-0.2, 0) is 22.4 Å². The number of rotatable bonds is 4. The van der Waals surface area contributed by atoms with E-state index in [1.54, 1.807) is 0 Å². The molecule has 2 aromatic rings. The highest BCUT2D eigenvalue weighted by atomic mass is 32.2. The molecule has 152 valence electrons. The van der Waals surface area contributed by atoms with Crippen molar-refractivity contribution in [3.8, 4) is 5.88 Å². The number of benzene rings is 1. The van der Waals surface area contributed by atoms with Crippen molar-refractivity contribution in [2.75, 3.05) is 13.1 Å². The Balaban J connectivity index is 1.68. The molecule has 1 fully saturated rings. The Morgan fingerprint density at radius 3 is 2.21 bits per heavy atom. The summed E-state index contributed by atoms with van der Waals surface area (Å²) in [6.45, 7) is -0.451. The largest absolute Gasteiger partial charge is 0.472 e. The lowest BCUT2D eigenvalue weighted by atomic mass is 10.2. The fourth-order valence-corrected chi connectivity index (χ4v) is 4.01. The van der Waals surface area contributed by atoms with E-state index in [1.165, 1.54) is 6.07 Å². The quantitative estimate of drug-likeness (QED) is 0.702. The zero-order chi connectivity index (χ0) is 20.7. The number of ether oxygens (including phenoxy) is 1. The van der Waals surface area contributed by atoms with Crippen LogP contribution < -0.4 is 4.74 Å². The summed E-state index contributed by atoms with van der Waals surface area (Å²) in [6, 6.07) is 6.35. The number of nitrogens with zero attached hydrogens (tertiary/aromatic N) is 2. The molecule has 0 aliphatic carbocycles. The van der Waals surface area contributed by atoms with Gasteiger partial charge in [-0.25, -0.2) is 13.4 Å². The molecule has 0 unspecified atom stereocenters. The molecular formula is C16H12F6N2O3S. The summed E-state index contributed by atoms with van der Waals surface area (Å²) < 4.78 is 107.